The molecule has 1 fully saturated rings. The van der Waals surface area contributed by atoms with Crippen molar-refractivity contribution in [3.63, 3.8) is 0 Å². The molecule has 1 aliphatic rings. The van der Waals surface area contributed by atoms with Crippen LogP contribution in [0.3, 0.4) is 0 Å². The van der Waals surface area contributed by atoms with Crippen LogP contribution in [0.1, 0.15) is 43.7 Å². The van der Waals surface area contributed by atoms with Crippen LogP contribution >= 0.6 is 0 Å². The molecular formula is C15H23N. The molecule has 0 heterocycles. The Bertz CT molecular complexity index is 326. The summed E-state index contributed by atoms with van der Waals surface area (Å²) in [5.41, 5.74) is 2.83. The normalized spacial score (nSPS) is 18.9. The zero-order valence-electron chi connectivity index (χ0n) is 10.5. The first-order chi connectivity index (χ1) is 7.77. The van der Waals surface area contributed by atoms with Gasteiger partial charge in [-0.25, -0.2) is 0 Å². The molecule has 1 heteroatoms. The molecule has 2 rings (SSSR count). The van der Waals surface area contributed by atoms with Crippen molar-refractivity contribution in [1.82, 2.24) is 5.32 Å². The van der Waals surface area contributed by atoms with E-state index in [2.05, 4.69) is 43.4 Å². The largest absolute Gasteiger partial charge is 0.310 e. The fourth-order valence-electron chi connectivity index (χ4n) is 2.70. The highest BCUT2D eigenvalue weighted by atomic mass is 14.9. The summed E-state index contributed by atoms with van der Waals surface area (Å²) in [7, 11) is 0. The second-order valence-corrected chi connectivity index (χ2v) is 5.14. The van der Waals surface area contributed by atoms with Gasteiger partial charge >= 0.3 is 0 Å². The fraction of sp³-hybridized carbons (Fsp3) is 0.600. The third kappa shape index (κ3) is 2.85. The van der Waals surface area contributed by atoms with Crippen molar-refractivity contribution in [3.8, 4) is 0 Å². The third-order valence-electron chi connectivity index (χ3n) is 3.98. The van der Waals surface area contributed by atoms with E-state index in [4.69, 9.17) is 0 Å². The summed E-state index contributed by atoms with van der Waals surface area (Å²) in [5, 5.41) is 3.68. The Balaban J connectivity index is 1.84. The van der Waals surface area contributed by atoms with Crippen LogP contribution in [-0.2, 0) is 6.54 Å². The van der Waals surface area contributed by atoms with Crippen LogP contribution in [0.4, 0.5) is 0 Å². The van der Waals surface area contributed by atoms with Crippen molar-refractivity contribution in [2.45, 2.75) is 52.1 Å². The summed E-state index contributed by atoms with van der Waals surface area (Å²) in [6.45, 7) is 5.55. The van der Waals surface area contributed by atoms with E-state index in [-0.39, 0.29) is 0 Å². The molecule has 1 aromatic rings. The van der Waals surface area contributed by atoms with Crippen molar-refractivity contribution >= 4 is 0 Å². The topological polar surface area (TPSA) is 12.0 Å². The van der Waals surface area contributed by atoms with Crippen LogP contribution in [-0.4, -0.2) is 6.04 Å². The van der Waals surface area contributed by atoms with Gasteiger partial charge in [0.1, 0.15) is 0 Å². The van der Waals surface area contributed by atoms with Crippen LogP contribution in [0.15, 0.2) is 24.3 Å². The van der Waals surface area contributed by atoms with Crippen LogP contribution in [0.25, 0.3) is 0 Å². The molecule has 0 spiro atoms. The van der Waals surface area contributed by atoms with Gasteiger partial charge in [-0.05, 0) is 43.7 Å². The average molecular weight is 217 g/mol. The molecule has 88 valence electrons. The first kappa shape index (κ1) is 11.7. The molecule has 0 radical (unpaired) electrons. The Kier molecular flexibility index (Phi) is 4.00. The van der Waals surface area contributed by atoms with Crippen molar-refractivity contribution in [2.75, 3.05) is 0 Å². The predicted octanol–water partition coefficient (Wildman–Crippen LogP) is 3.66. The Labute approximate surface area is 99.3 Å². The quantitative estimate of drug-likeness (QED) is 0.811. The zero-order valence-corrected chi connectivity index (χ0v) is 10.5. The Morgan fingerprint density at radius 3 is 2.62 bits per heavy atom. The SMILES string of the molecule is Cc1ccccc1CN[C@@H](C)C1CCCC1. The summed E-state index contributed by atoms with van der Waals surface area (Å²) < 4.78 is 0. The third-order valence-corrected chi connectivity index (χ3v) is 3.98. The standard InChI is InChI=1S/C15H23N/c1-12-7-3-4-10-15(12)11-16-13(2)14-8-5-6-9-14/h3-4,7,10,13-14,16H,5-6,8-9,11H2,1-2H3/t13-/m0/s1. The molecule has 16 heavy (non-hydrogen) atoms. The lowest BCUT2D eigenvalue weighted by Crippen LogP contribution is -2.31. The molecule has 0 aromatic heterocycles. The van der Waals surface area contributed by atoms with Gasteiger partial charge in [-0.15, -0.1) is 0 Å². The molecular weight excluding hydrogens is 194 g/mol. The van der Waals surface area contributed by atoms with Gasteiger partial charge in [0, 0.05) is 12.6 Å². The number of aryl methyl sites for hydroxylation is 1. The van der Waals surface area contributed by atoms with Gasteiger partial charge in [-0.1, -0.05) is 37.1 Å². The molecule has 1 saturated carbocycles. The number of benzene rings is 1. The lowest BCUT2D eigenvalue weighted by atomic mass is 9.99. The maximum atomic E-state index is 3.68. The second kappa shape index (κ2) is 5.49. The van der Waals surface area contributed by atoms with Gasteiger partial charge in [0.2, 0.25) is 0 Å². The molecule has 1 nitrogen and oxygen atoms in total. The summed E-state index contributed by atoms with van der Waals surface area (Å²) in [5.74, 6) is 0.906. The predicted molar refractivity (Wildman–Crippen MR) is 69.4 cm³/mol. The maximum absolute atomic E-state index is 3.68. The molecule has 1 aromatic carbocycles. The number of hydrogen-bond acceptors (Lipinski definition) is 1. The molecule has 0 bridgehead atoms. The van der Waals surface area contributed by atoms with Gasteiger partial charge in [0.05, 0.1) is 0 Å². The van der Waals surface area contributed by atoms with Gasteiger partial charge < -0.3 is 5.32 Å². The monoisotopic (exact) mass is 217 g/mol. The Hall–Kier alpha value is -0.820. The van der Waals surface area contributed by atoms with Crippen LogP contribution in [0.5, 0.6) is 0 Å². The van der Waals surface area contributed by atoms with E-state index in [1.807, 2.05) is 0 Å². The summed E-state index contributed by atoms with van der Waals surface area (Å²) in [4.78, 5) is 0. The minimum atomic E-state index is 0.669. The number of nitrogens with one attached hydrogen (secondary N) is 1. The first-order valence-corrected chi connectivity index (χ1v) is 6.55. The van der Waals surface area contributed by atoms with E-state index in [0.717, 1.165) is 12.5 Å². The van der Waals surface area contributed by atoms with Gasteiger partial charge in [-0.2, -0.15) is 0 Å². The summed E-state index contributed by atoms with van der Waals surface area (Å²) in [6, 6.07) is 9.33. The molecule has 1 aliphatic carbocycles. The fourth-order valence-corrected chi connectivity index (χ4v) is 2.70. The molecule has 0 amide bonds. The number of hydrogen-bond donors (Lipinski definition) is 1. The lowest BCUT2D eigenvalue weighted by molar-refractivity contribution is 0.380. The van der Waals surface area contributed by atoms with E-state index in [1.54, 1.807) is 0 Å². The van der Waals surface area contributed by atoms with Gasteiger partial charge in [0.15, 0.2) is 0 Å². The second-order valence-electron chi connectivity index (χ2n) is 5.14. The Morgan fingerprint density at radius 1 is 1.25 bits per heavy atom. The zero-order chi connectivity index (χ0) is 11.4. The first-order valence-electron chi connectivity index (χ1n) is 6.55. The van der Waals surface area contributed by atoms with Crippen LogP contribution in [0.2, 0.25) is 0 Å². The van der Waals surface area contributed by atoms with Crippen molar-refractivity contribution < 1.29 is 0 Å². The molecule has 0 saturated heterocycles. The highest BCUT2D eigenvalue weighted by Gasteiger charge is 2.20. The maximum Gasteiger partial charge on any atom is 0.0210 e. The smallest absolute Gasteiger partial charge is 0.0210 e. The minimum Gasteiger partial charge on any atom is -0.310 e. The van der Waals surface area contributed by atoms with E-state index in [0.29, 0.717) is 6.04 Å². The van der Waals surface area contributed by atoms with Crippen LogP contribution < -0.4 is 5.32 Å². The summed E-state index contributed by atoms with van der Waals surface area (Å²) >= 11 is 0. The lowest BCUT2D eigenvalue weighted by Gasteiger charge is -2.20. The average Bonchev–Trinajstić information content (AvgIpc) is 2.81. The van der Waals surface area contributed by atoms with Crippen molar-refractivity contribution in [1.29, 1.82) is 0 Å². The van der Waals surface area contributed by atoms with Gasteiger partial charge in [-0.3, -0.25) is 0 Å². The highest BCUT2D eigenvalue weighted by Crippen LogP contribution is 2.27. The molecule has 0 aliphatic heterocycles. The molecule has 0 unspecified atom stereocenters. The van der Waals surface area contributed by atoms with Crippen LogP contribution in [0, 0.1) is 12.8 Å². The molecule has 1 atom stereocenters. The minimum absolute atomic E-state index is 0.669. The van der Waals surface area contributed by atoms with E-state index in [1.165, 1.54) is 36.8 Å². The van der Waals surface area contributed by atoms with Crippen molar-refractivity contribution in [2.24, 2.45) is 5.92 Å². The summed E-state index contributed by atoms with van der Waals surface area (Å²) in [6.07, 6.45) is 5.70. The van der Waals surface area contributed by atoms with Gasteiger partial charge in [0.25, 0.3) is 0 Å². The van der Waals surface area contributed by atoms with E-state index >= 15 is 0 Å². The van der Waals surface area contributed by atoms with E-state index < -0.39 is 0 Å². The highest BCUT2D eigenvalue weighted by molar-refractivity contribution is 5.25. The number of rotatable bonds is 4. The van der Waals surface area contributed by atoms with E-state index in [9.17, 15) is 0 Å². The van der Waals surface area contributed by atoms with Crippen molar-refractivity contribution in [3.05, 3.63) is 35.4 Å². The molecule has 1 N–H and O–H groups in total. The Morgan fingerprint density at radius 2 is 1.94 bits per heavy atom.